The number of halogens is 4. The monoisotopic (exact) mass is 388 g/mol. The van der Waals surface area contributed by atoms with Crippen LogP contribution in [0.2, 0.25) is 0 Å². The van der Waals surface area contributed by atoms with Gasteiger partial charge in [0, 0.05) is 24.2 Å². The van der Waals surface area contributed by atoms with Crippen LogP contribution in [-0.2, 0) is 10.2 Å². The summed E-state index contributed by atoms with van der Waals surface area (Å²) < 4.78 is 59.8. The third-order valence-corrected chi connectivity index (χ3v) is 5.32. The topological polar surface area (TPSA) is 32.8 Å². The van der Waals surface area contributed by atoms with Gasteiger partial charge in [-0.2, -0.15) is 13.2 Å². The zero-order chi connectivity index (χ0) is 19.8. The summed E-state index contributed by atoms with van der Waals surface area (Å²) in [6.07, 6.45) is -1.50. The first-order valence-corrected chi connectivity index (χ1v) is 9.14. The molecule has 0 atom stereocenters. The van der Waals surface area contributed by atoms with Crippen molar-refractivity contribution in [1.29, 1.82) is 0 Å². The van der Waals surface area contributed by atoms with Gasteiger partial charge in [-0.15, -0.1) is 0 Å². The van der Waals surface area contributed by atoms with Crippen molar-refractivity contribution in [3.63, 3.8) is 0 Å². The Morgan fingerprint density at radius 1 is 1.19 bits per heavy atom. The summed E-state index contributed by atoms with van der Waals surface area (Å²) in [5, 5.41) is 0. The molecule has 0 aromatic heterocycles. The number of rotatable bonds is 5. The van der Waals surface area contributed by atoms with Crippen LogP contribution in [0.1, 0.15) is 37.7 Å². The van der Waals surface area contributed by atoms with E-state index in [1.165, 1.54) is 12.1 Å². The molecule has 1 aromatic rings. The molecule has 0 saturated heterocycles. The maximum Gasteiger partial charge on any atom is 0.406 e. The van der Waals surface area contributed by atoms with Crippen molar-refractivity contribution in [3.05, 3.63) is 23.5 Å². The second-order valence-electron chi connectivity index (χ2n) is 7.60. The average Bonchev–Trinajstić information content (AvgIpc) is 2.77. The molecule has 1 aromatic carbocycles. The van der Waals surface area contributed by atoms with Gasteiger partial charge in [-0.1, -0.05) is 19.3 Å². The molecular formula is C19H24F4N2O2. The van der Waals surface area contributed by atoms with Crippen LogP contribution < -0.4 is 9.64 Å². The second kappa shape index (κ2) is 7.30. The number of hydrogen-bond acceptors (Lipinski definition) is 3. The van der Waals surface area contributed by atoms with Crippen molar-refractivity contribution in [2.45, 2.75) is 43.7 Å². The zero-order valence-electron chi connectivity index (χ0n) is 15.5. The molecule has 1 saturated carbocycles. The molecular weight excluding hydrogens is 364 g/mol. The first-order chi connectivity index (χ1) is 12.6. The van der Waals surface area contributed by atoms with Crippen molar-refractivity contribution in [2.75, 3.05) is 38.7 Å². The number of likely N-dealkylation sites (N-methyl/N-ethyl adjacent to an activating group) is 1. The van der Waals surface area contributed by atoms with Gasteiger partial charge in [-0.25, -0.2) is 4.39 Å². The van der Waals surface area contributed by atoms with E-state index in [-0.39, 0.29) is 23.6 Å². The quantitative estimate of drug-likeness (QED) is 0.718. The Morgan fingerprint density at radius 2 is 1.85 bits per heavy atom. The largest absolute Gasteiger partial charge is 0.492 e. The summed E-state index contributed by atoms with van der Waals surface area (Å²) in [5.41, 5.74) is -1.07. The summed E-state index contributed by atoms with van der Waals surface area (Å²) >= 11 is 0. The van der Waals surface area contributed by atoms with Crippen molar-refractivity contribution >= 4 is 11.6 Å². The number of amides is 1. The van der Waals surface area contributed by atoms with Crippen LogP contribution in [0.5, 0.6) is 5.75 Å². The molecule has 1 amide bonds. The van der Waals surface area contributed by atoms with Crippen molar-refractivity contribution in [1.82, 2.24) is 4.90 Å². The van der Waals surface area contributed by atoms with Crippen molar-refractivity contribution in [2.24, 2.45) is 0 Å². The Labute approximate surface area is 156 Å². The molecule has 0 N–H and O–H groups in total. The molecule has 2 aliphatic rings. The number of hydrogen-bond donors (Lipinski definition) is 0. The normalized spacial score (nSPS) is 19.1. The van der Waals surface area contributed by atoms with Crippen molar-refractivity contribution < 1.29 is 27.1 Å². The first-order valence-electron chi connectivity index (χ1n) is 9.14. The first kappa shape index (κ1) is 19.9. The standard InChI is InChI=1S/C19H24F4N2O2/c1-24(2)8-9-27-13-10-14(20)16-15(11-13)25(12-19(21,22)23)17(26)18(16)6-4-3-5-7-18/h10-11H,3-9,12H2,1-2H3. The number of benzene rings is 1. The fourth-order valence-corrected chi connectivity index (χ4v) is 4.11. The van der Waals surface area contributed by atoms with Crippen LogP contribution >= 0.6 is 0 Å². The number of alkyl halides is 3. The maximum atomic E-state index is 15.0. The molecule has 8 heteroatoms. The smallest absolute Gasteiger partial charge is 0.406 e. The molecule has 27 heavy (non-hydrogen) atoms. The predicted molar refractivity (Wildman–Crippen MR) is 93.6 cm³/mol. The lowest BCUT2D eigenvalue weighted by Crippen LogP contribution is -2.45. The van der Waals surface area contributed by atoms with Crippen LogP contribution in [0.15, 0.2) is 12.1 Å². The highest BCUT2D eigenvalue weighted by molar-refractivity contribution is 6.08. The molecule has 1 aliphatic carbocycles. The minimum atomic E-state index is -4.56. The summed E-state index contributed by atoms with van der Waals surface area (Å²) in [4.78, 5) is 15.6. The molecule has 3 rings (SSSR count). The predicted octanol–water partition coefficient (Wildman–Crippen LogP) is 3.88. The summed E-state index contributed by atoms with van der Waals surface area (Å²) in [6, 6.07) is 2.57. The van der Waals surface area contributed by atoms with Crippen molar-refractivity contribution in [3.8, 4) is 5.75 Å². The van der Waals surface area contributed by atoms with Gasteiger partial charge in [0.05, 0.1) is 11.1 Å². The zero-order valence-corrected chi connectivity index (χ0v) is 15.5. The van der Waals surface area contributed by atoms with Crippen LogP contribution in [0.4, 0.5) is 23.2 Å². The number of fused-ring (bicyclic) bond motifs is 2. The number of nitrogens with zero attached hydrogens (tertiary/aromatic N) is 2. The van der Waals surface area contributed by atoms with Gasteiger partial charge >= 0.3 is 6.18 Å². The van der Waals surface area contributed by atoms with Crippen LogP contribution in [-0.4, -0.2) is 50.8 Å². The summed E-state index contributed by atoms with van der Waals surface area (Å²) in [5.74, 6) is -1.16. The van der Waals surface area contributed by atoms with E-state index in [2.05, 4.69) is 0 Å². The number of ether oxygens (including phenoxy) is 1. The number of carbonyl (C=O) groups excluding carboxylic acids is 1. The van der Waals surface area contributed by atoms with E-state index in [0.717, 1.165) is 6.42 Å². The van der Waals surface area contributed by atoms with E-state index in [0.29, 0.717) is 37.1 Å². The number of carbonyl (C=O) groups is 1. The van der Waals surface area contributed by atoms with Gasteiger partial charge < -0.3 is 14.5 Å². The van der Waals surface area contributed by atoms with Crippen LogP contribution in [0.25, 0.3) is 0 Å². The fourth-order valence-electron chi connectivity index (χ4n) is 4.11. The second-order valence-corrected chi connectivity index (χ2v) is 7.60. The SMILES string of the molecule is CN(C)CCOc1cc(F)c2c(c1)N(CC(F)(F)F)C(=O)C21CCCCC1. The lowest BCUT2D eigenvalue weighted by molar-refractivity contribution is -0.135. The molecule has 0 radical (unpaired) electrons. The van der Waals surface area contributed by atoms with E-state index in [9.17, 15) is 22.4 Å². The minimum Gasteiger partial charge on any atom is -0.492 e. The molecule has 1 fully saturated rings. The Morgan fingerprint density at radius 3 is 2.44 bits per heavy atom. The van der Waals surface area contributed by atoms with Gasteiger partial charge in [0.1, 0.15) is 24.7 Å². The molecule has 1 heterocycles. The molecule has 1 spiro atoms. The van der Waals surface area contributed by atoms with E-state index in [1.54, 1.807) is 0 Å². The molecule has 4 nitrogen and oxygen atoms in total. The highest BCUT2D eigenvalue weighted by Gasteiger charge is 2.54. The summed E-state index contributed by atoms with van der Waals surface area (Å²) in [6.45, 7) is -0.571. The van der Waals surface area contributed by atoms with Gasteiger partial charge in [0.2, 0.25) is 5.91 Å². The van der Waals surface area contributed by atoms with Crippen LogP contribution in [0, 0.1) is 5.82 Å². The van der Waals surface area contributed by atoms with Gasteiger partial charge in [0.25, 0.3) is 0 Å². The molecule has 0 bridgehead atoms. The Kier molecular flexibility index (Phi) is 5.38. The average molecular weight is 388 g/mol. The van der Waals surface area contributed by atoms with E-state index in [1.807, 2.05) is 19.0 Å². The van der Waals surface area contributed by atoms with E-state index >= 15 is 0 Å². The number of anilines is 1. The highest BCUT2D eigenvalue weighted by atomic mass is 19.4. The lowest BCUT2D eigenvalue weighted by Gasteiger charge is -2.32. The maximum absolute atomic E-state index is 15.0. The minimum absolute atomic E-state index is 0.000854. The Hall–Kier alpha value is -1.83. The molecule has 0 unspecified atom stereocenters. The Balaban J connectivity index is 2.01. The Bertz CT molecular complexity index is 712. The van der Waals surface area contributed by atoms with Gasteiger partial charge in [-0.05, 0) is 26.9 Å². The molecule has 1 aliphatic heterocycles. The third-order valence-electron chi connectivity index (χ3n) is 5.32. The third kappa shape index (κ3) is 3.90. The van der Waals surface area contributed by atoms with E-state index < -0.39 is 29.9 Å². The van der Waals surface area contributed by atoms with E-state index in [4.69, 9.17) is 4.74 Å². The van der Waals surface area contributed by atoms with Gasteiger partial charge in [0.15, 0.2) is 0 Å². The van der Waals surface area contributed by atoms with Crippen LogP contribution in [0.3, 0.4) is 0 Å². The highest BCUT2D eigenvalue weighted by Crippen LogP contribution is 2.52. The fraction of sp³-hybridized carbons (Fsp3) is 0.632. The lowest BCUT2D eigenvalue weighted by atomic mass is 9.70. The van der Waals surface area contributed by atoms with Gasteiger partial charge in [-0.3, -0.25) is 4.79 Å². The molecule has 150 valence electrons. The summed E-state index contributed by atoms with van der Waals surface area (Å²) in [7, 11) is 3.70.